The summed E-state index contributed by atoms with van der Waals surface area (Å²) < 4.78 is 4.90. The van der Waals surface area contributed by atoms with Gasteiger partial charge in [-0.05, 0) is 48.6 Å². The fourth-order valence-corrected chi connectivity index (χ4v) is 4.70. The van der Waals surface area contributed by atoms with Crippen molar-refractivity contribution in [3.63, 3.8) is 0 Å². The molecule has 4 heteroatoms. The van der Waals surface area contributed by atoms with E-state index in [9.17, 15) is 4.79 Å². The average Bonchev–Trinajstić information content (AvgIpc) is 3.34. The van der Waals surface area contributed by atoms with E-state index in [1.807, 2.05) is 12.1 Å². The Morgan fingerprint density at radius 2 is 1.79 bits per heavy atom. The maximum absolute atomic E-state index is 12.0. The second kappa shape index (κ2) is 6.86. The molecule has 142 valence electrons. The number of rotatable bonds is 3. The van der Waals surface area contributed by atoms with E-state index in [4.69, 9.17) is 4.74 Å². The molecule has 2 heterocycles. The molecule has 4 nitrogen and oxygen atoms in total. The minimum atomic E-state index is -0.303. The maximum atomic E-state index is 12.0. The number of H-pyrrole nitrogens is 2. The minimum Gasteiger partial charge on any atom is -0.465 e. The zero-order chi connectivity index (χ0) is 19.1. The summed E-state index contributed by atoms with van der Waals surface area (Å²) in [5.41, 5.74) is 6.36. The van der Waals surface area contributed by atoms with E-state index in [1.165, 1.54) is 55.5 Å². The number of hydrogen-bond donors (Lipinski definition) is 2. The Morgan fingerprint density at radius 3 is 2.57 bits per heavy atom. The highest BCUT2D eigenvalue weighted by Gasteiger charge is 2.25. The van der Waals surface area contributed by atoms with Crippen LogP contribution in [0, 0.1) is 0 Å². The SMILES string of the molecule is COC(=O)c1ccc2c(C3CCCCC3)c(-c3cc4ccccc4[nH]3)[nH]c2c1. The Balaban J connectivity index is 1.72. The lowest BCUT2D eigenvalue weighted by Gasteiger charge is -2.22. The Labute approximate surface area is 163 Å². The Kier molecular flexibility index (Phi) is 4.19. The first-order valence-corrected chi connectivity index (χ1v) is 10.1. The predicted octanol–water partition coefficient (Wildman–Crippen LogP) is 6.15. The fraction of sp³-hybridized carbons (Fsp3) is 0.292. The number of hydrogen-bond acceptors (Lipinski definition) is 2. The third-order valence-corrected chi connectivity index (χ3v) is 6.07. The number of carbonyl (C=O) groups is 1. The Bertz CT molecular complexity index is 1130. The van der Waals surface area contributed by atoms with Crippen molar-refractivity contribution >= 4 is 27.8 Å². The van der Waals surface area contributed by atoms with Crippen molar-refractivity contribution in [1.82, 2.24) is 9.97 Å². The van der Waals surface area contributed by atoms with Gasteiger partial charge in [0.1, 0.15) is 0 Å². The fourth-order valence-electron chi connectivity index (χ4n) is 4.70. The highest BCUT2D eigenvalue weighted by atomic mass is 16.5. The summed E-state index contributed by atoms with van der Waals surface area (Å²) in [6.45, 7) is 0. The number of aromatic amines is 2. The second-order valence-electron chi connectivity index (χ2n) is 7.77. The molecule has 0 amide bonds. The van der Waals surface area contributed by atoms with Crippen molar-refractivity contribution in [3.8, 4) is 11.4 Å². The number of carbonyl (C=O) groups excluding carboxylic acids is 1. The first-order valence-electron chi connectivity index (χ1n) is 10.1. The largest absolute Gasteiger partial charge is 0.465 e. The molecule has 0 bridgehead atoms. The highest BCUT2D eigenvalue weighted by molar-refractivity contribution is 5.98. The predicted molar refractivity (Wildman–Crippen MR) is 113 cm³/mol. The summed E-state index contributed by atoms with van der Waals surface area (Å²) in [5, 5.41) is 2.43. The van der Waals surface area contributed by atoms with Crippen LogP contribution in [0.5, 0.6) is 0 Å². The monoisotopic (exact) mass is 372 g/mol. The van der Waals surface area contributed by atoms with E-state index >= 15 is 0 Å². The topological polar surface area (TPSA) is 57.9 Å². The molecule has 0 saturated heterocycles. The van der Waals surface area contributed by atoms with E-state index in [1.54, 1.807) is 0 Å². The molecule has 28 heavy (non-hydrogen) atoms. The number of ether oxygens (including phenoxy) is 1. The van der Waals surface area contributed by atoms with Crippen LogP contribution in [0.25, 0.3) is 33.2 Å². The maximum Gasteiger partial charge on any atom is 0.337 e. The van der Waals surface area contributed by atoms with Gasteiger partial charge in [-0.15, -0.1) is 0 Å². The smallest absolute Gasteiger partial charge is 0.337 e. The van der Waals surface area contributed by atoms with Gasteiger partial charge in [0.2, 0.25) is 0 Å². The molecule has 2 N–H and O–H groups in total. The van der Waals surface area contributed by atoms with Crippen LogP contribution in [-0.2, 0) is 4.74 Å². The number of benzene rings is 2. The van der Waals surface area contributed by atoms with Crippen LogP contribution in [0.4, 0.5) is 0 Å². The van der Waals surface area contributed by atoms with Crippen LogP contribution in [0.15, 0.2) is 48.5 Å². The summed E-state index contributed by atoms with van der Waals surface area (Å²) in [4.78, 5) is 19.2. The summed E-state index contributed by atoms with van der Waals surface area (Å²) in [5.74, 6) is 0.246. The molecule has 5 rings (SSSR count). The van der Waals surface area contributed by atoms with Crippen LogP contribution >= 0.6 is 0 Å². The molecular formula is C24H24N2O2. The first-order chi connectivity index (χ1) is 13.7. The number of para-hydroxylation sites is 1. The van der Waals surface area contributed by atoms with Gasteiger partial charge in [0.05, 0.1) is 24.1 Å². The van der Waals surface area contributed by atoms with Gasteiger partial charge in [0.15, 0.2) is 0 Å². The number of fused-ring (bicyclic) bond motifs is 2. The molecule has 1 aliphatic carbocycles. The number of aromatic nitrogens is 2. The third-order valence-electron chi connectivity index (χ3n) is 6.07. The quantitative estimate of drug-likeness (QED) is 0.424. The van der Waals surface area contributed by atoms with E-state index in [0.717, 1.165) is 22.4 Å². The van der Waals surface area contributed by atoms with E-state index in [-0.39, 0.29) is 5.97 Å². The molecule has 0 radical (unpaired) electrons. The van der Waals surface area contributed by atoms with Crippen LogP contribution in [0.2, 0.25) is 0 Å². The van der Waals surface area contributed by atoms with Gasteiger partial charge in [0.25, 0.3) is 0 Å². The molecule has 0 atom stereocenters. The zero-order valence-electron chi connectivity index (χ0n) is 16.0. The lowest BCUT2D eigenvalue weighted by Crippen LogP contribution is -2.05. The molecule has 0 aliphatic heterocycles. The molecular weight excluding hydrogens is 348 g/mol. The summed E-state index contributed by atoms with van der Waals surface area (Å²) >= 11 is 0. The summed E-state index contributed by atoms with van der Waals surface area (Å²) in [6.07, 6.45) is 6.33. The van der Waals surface area contributed by atoms with E-state index < -0.39 is 0 Å². The minimum absolute atomic E-state index is 0.303. The normalized spacial score (nSPS) is 15.3. The molecule has 2 aromatic heterocycles. The summed E-state index contributed by atoms with van der Waals surface area (Å²) in [7, 11) is 1.42. The van der Waals surface area contributed by atoms with Crippen molar-refractivity contribution in [3.05, 3.63) is 59.7 Å². The lowest BCUT2D eigenvalue weighted by atomic mass is 9.82. The number of nitrogens with one attached hydrogen (secondary N) is 2. The van der Waals surface area contributed by atoms with Gasteiger partial charge in [-0.25, -0.2) is 4.79 Å². The second-order valence-corrected chi connectivity index (χ2v) is 7.77. The lowest BCUT2D eigenvalue weighted by molar-refractivity contribution is 0.0601. The summed E-state index contributed by atoms with van der Waals surface area (Å²) in [6, 6.07) is 16.4. The van der Waals surface area contributed by atoms with Gasteiger partial charge in [-0.2, -0.15) is 0 Å². The molecule has 0 spiro atoms. The van der Waals surface area contributed by atoms with Crippen LogP contribution < -0.4 is 0 Å². The average molecular weight is 372 g/mol. The van der Waals surface area contributed by atoms with Crippen LogP contribution in [0.1, 0.15) is 53.9 Å². The molecule has 4 aromatic rings. The zero-order valence-corrected chi connectivity index (χ0v) is 16.0. The van der Waals surface area contributed by atoms with Gasteiger partial charge in [0, 0.05) is 21.8 Å². The molecule has 1 fully saturated rings. The van der Waals surface area contributed by atoms with Crippen LogP contribution in [-0.4, -0.2) is 23.0 Å². The first kappa shape index (κ1) is 17.1. The van der Waals surface area contributed by atoms with Crippen molar-refractivity contribution in [1.29, 1.82) is 0 Å². The van der Waals surface area contributed by atoms with Crippen molar-refractivity contribution < 1.29 is 9.53 Å². The van der Waals surface area contributed by atoms with Crippen molar-refractivity contribution in [2.45, 2.75) is 38.0 Å². The molecule has 1 aliphatic rings. The van der Waals surface area contributed by atoms with Gasteiger partial charge < -0.3 is 14.7 Å². The van der Waals surface area contributed by atoms with Crippen molar-refractivity contribution in [2.24, 2.45) is 0 Å². The van der Waals surface area contributed by atoms with E-state index in [0.29, 0.717) is 11.5 Å². The van der Waals surface area contributed by atoms with Crippen molar-refractivity contribution in [2.75, 3.05) is 7.11 Å². The molecule has 2 aromatic carbocycles. The molecule has 0 unspecified atom stereocenters. The highest BCUT2D eigenvalue weighted by Crippen LogP contribution is 2.42. The Hall–Kier alpha value is -3.01. The van der Waals surface area contributed by atoms with Gasteiger partial charge >= 0.3 is 5.97 Å². The van der Waals surface area contributed by atoms with Gasteiger partial charge in [-0.1, -0.05) is 43.5 Å². The van der Waals surface area contributed by atoms with Gasteiger partial charge in [-0.3, -0.25) is 0 Å². The van der Waals surface area contributed by atoms with E-state index in [2.05, 4.69) is 46.4 Å². The number of esters is 1. The third kappa shape index (κ3) is 2.80. The number of methoxy groups -OCH3 is 1. The van der Waals surface area contributed by atoms with Crippen LogP contribution in [0.3, 0.4) is 0 Å². The standard InChI is InChI=1S/C24H24N2O2/c1-28-24(27)17-11-12-18-20(14-17)26-23(22(18)15-7-3-2-4-8-15)21-13-16-9-5-6-10-19(16)25-21/h5-6,9-15,25-26H,2-4,7-8H2,1H3. The molecule has 1 saturated carbocycles. The Morgan fingerprint density at radius 1 is 0.964 bits per heavy atom.